The molecular weight excluding hydrogens is 406 g/mol. The molecule has 2 heterocycles. The van der Waals surface area contributed by atoms with Crippen molar-refractivity contribution in [2.24, 2.45) is 5.73 Å². The summed E-state index contributed by atoms with van der Waals surface area (Å²) in [5.74, 6) is -0.0218. The number of hydrogen-bond donors (Lipinski definition) is 1. The van der Waals surface area contributed by atoms with E-state index in [2.05, 4.69) is 33.3 Å². The lowest BCUT2D eigenvalue weighted by molar-refractivity contribution is -0.130. The standard InChI is InChI=1S/C20H21N5O2S2/c21-17(26)13-28-20-23-22-19(29-20)25-10-8-24(9-11-25)18(27)12-15-6-3-5-14-4-1-2-7-16(14)15/h1-7H,8-13H2,(H2,21,26). The van der Waals surface area contributed by atoms with Gasteiger partial charge in [-0.05, 0) is 16.3 Å². The predicted octanol–water partition coefficient (Wildman–Crippen LogP) is 2.16. The Morgan fingerprint density at radius 3 is 2.59 bits per heavy atom. The van der Waals surface area contributed by atoms with Crippen molar-refractivity contribution >= 4 is 50.8 Å². The Bertz CT molecular complexity index is 1030. The Morgan fingerprint density at radius 2 is 1.79 bits per heavy atom. The highest BCUT2D eigenvalue weighted by atomic mass is 32.2. The van der Waals surface area contributed by atoms with E-state index < -0.39 is 0 Å². The first-order valence-corrected chi connectivity index (χ1v) is 11.1. The van der Waals surface area contributed by atoms with Gasteiger partial charge >= 0.3 is 0 Å². The molecule has 3 aromatic rings. The number of aromatic nitrogens is 2. The Kier molecular flexibility index (Phi) is 5.96. The average molecular weight is 428 g/mol. The molecule has 2 amide bonds. The summed E-state index contributed by atoms with van der Waals surface area (Å²) in [7, 11) is 0. The first-order valence-electron chi connectivity index (χ1n) is 9.34. The SMILES string of the molecule is NC(=O)CSc1nnc(N2CCN(C(=O)Cc3cccc4ccccc34)CC2)s1. The zero-order valence-electron chi connectivity index (χ0n) is 15.8. The summed E-state index contributed by atoms with van der Waals surface area (Å²) in [6.07, 6.45) is 0.411. The third kappa shape index (κ3) is 4.68. The molecule has 9 heteroatoms. The van der Waals surface area contributed by atoms with Gasteiger partial charge in [-0.3, -0.25) is 9.59 Å². The molecule has 29 heavy (non-hydrogen) atoms. The van der Waals surface area contributed by atoms with Crippen molar-refractivity contribution in [2.75, 3.05) is 36.8 Å². The molecule has 0 radical (unpaired) electrons. The molecule has 1 aliphatic heterocycles. The summed E-state index contributed by atoms with van der Waals surface area (Å²) < 4.78 is 0.730. The van der Waals surface area contributed by atoms with Crippen LogP contribution in [0.4, 0.5) is 5.13 Å². The molecule has 2 N–H and O–H groups in total. The second-order valence-corrected chi connectivity index (χ2v) is 8.97. The number of primary amides is 1. The lowest BCUT2D eigenvalue weighted by atomic mass is 10.0. The maximum atomic E-state index is 12.8. The highest BCUT2D eigenvalue weighted by Crippen LogP contribution is 2.28. The number of carbonyl (C=O) groups is 2. The van der Waals surface area contributed by atoms with Crippen LogP contribution < -0.4 is 10.6 Å². The summed E-state index contributed by atoms with van der Waals surface area (Å²) in [4.78, 5) is 27.8. The molecule has 0 unspecified atom stereocenters. The Hall–Kier alpha value is -2.65. The van der Waals surface area contributed by atoms with Crippen LogP contribution in [0.2, 0.25) is 0 Å². The number of fused-ring (bicyclic) bond motifs is 1. The predicted molar refractivity (Wildman–Crippen MR) is 116 cm³/mol. The fraction of sp³-hybridized carbons (Fsp3) is 0.300. The van der Waals surface area contributed by atoms with E-state index in [1.807, 2.05) is 29.2 Å². The summed E-state index contributed by atoms with van der Waals surface area (Å²) in [6, 6.07) is 14.3. The summed E-state index contributed by atoms with van der Waals surface area (Å²) >= 11 is 2.75. The van der Waals surface area contributed by atoms with Crippen LogP contribution in [0, 0.1) is 0 Å². The van der Waals surface area contributed by atoms with Crippen molar-refractivity contribution in [2.45, 2.75) is 10.8 Å². The Morgan fingerprint density at radius 1 is 1.03 bits per heavy atom. The van der Waals surface area contributed by atoms with Gasteiger partial charge in [0, 0.05) is 26.2 Å². The van der Waals surface area contributed by atoms with E-state index in [0.717, 1.165) is 38.9 Å². The number of hydrogen-bond acceptors (Lipinski definition) is 7. The smallest absolute Gasteiger partial charge is 0.227 e. The largest absolute Gasteiger partial charge is 0.369 e. The van der Waals surface area contributed by atoms with Crippen molar-refractivity contribution in [1.29, 1.82) is 0 Å². The van der Waals surface area contributed by atoms with Crippen LogP contribution in [0.1, 0.15) is 5.56 Å². The van der Waals surface area contributed by atoms with Crippen LogP contribution in [0.25, 0.3) is 10.8 Å². The first kappa shape index (κ1) is 19.7. The van der Waals surface area contributed by atoms with Crippen molar-refractivity contribution in [3.8, 4) is 0 Å². The molecule has 0 spiro atoms. The van der Waals surface area contributed by atoms with Gasteiger partial charge < -0.3 is 15.5 Å². The van der Waals surface area contributed by atoms with Crippen LogP contribution >= 0.6 is 23.1 Å². The van der Waals surface area contributed by atoms with Crippen molar-refractivity contribution in [1.82, 2.24) is 15.1 Å². The van der Waals surface area contributed by atoms with Crippen molar-refractivity contribution in [3.05, 3.63) is 48.0 Å². The van der Waals surface area contributed by atoms with Crippen LogP contribution in [0.15, 0.2) is 46.8 Å². The number of nitrogens with zero attached hydrogens (tertiary/aromatic N) is 4. The van der Waals surface area contributed by atoms with E-state index in [4.69, 9.17) is 5.73 Å². The minimum Gasteiger partial charge on any atom is -0.369 e. The highest BCUT2D eigenvalue weighted by Gasteiger charge is 2.24. The van der Waals surface area contributed by atoms with Crippen LogP contribution in [-0.4, -0.2) is 58.8 Å². The van der Waals surface area contributed by atoms with Gasteiger partial charge in [-0.25, -0.2) is 0 Å². The number of nitrogens with two attached hydrogens (primary N) is 1. The van der Waals surface area contributed by atoms with E-state index in [1.165, 1.54) is 23.1 Å². The van der Waals surface area contributed by atoms with Crippen molar-refractivity contribution < 1.29 is 9.59 Å². The number of anilines is 1. The minimum atomic E-state index is -0.370. The fourth-order valence-electron chi connectivity index (χ4n) is 3.39. The summed E-state index contributed by atoms with van der Waals surface area (Å²) in [5, 5.41) is 11.4. The monoisotopic (exact) mass is 427 g/mol. The number of thioether (sulfide) groups is 1. The van der Waals surface area contributed by atoms with Gasteiger partial charge in [-0.15, -0.1) is 10.2 Å². The van der Waals surface area contributed by atoms with Gasteiger partial charge in [0.1, 0.15) is 0 Å². The van der Waals surface area contributed by atoms with Gasteiger partial charge in [0.15, 0.2) is 4.34 Å². The van der Waals surface area contributed by atoms with Crippen LogP contribution in [0.5, 0.6) is 0 Å². The number of carbonyl (C=O) groups excluding carboxylic acids is 2. The van der Waals surface area contributed by atoms with E-state index in [9.17, 15) is 9.59 Å². The second-order valence-electron chi connectivity index (χ2n) is 6.79. The number of amides is 2. The maximum absolute atomic E-state index is 12.8. The molecular formula is C20H21N5O2S2. The van der Waals surface area contributed by atoms with Crippen LogP contribution in [-0.2, 0) is 16.0 Å². The maximum Gasteiger partial charge on any atom is 0.227 e. The Balaban J connectivity index is 1.34. The van der Waals surface area contributed by atoms with E-state index in [0.29, 0.717) is 19.5 Å². The third-order valence-electron chi connectivity index (χ3n) is 4.86. The summed E-state index contributed by atoms with van der Waals surface area (Å²) in [6.45, 7) is 2.76. The van der Waals surface area contributed by atoms with Crippen LogP contribution in [0.3, 0.4) is 0 Å². The lowest BCUT2D eigenvalue weighted by Gasteiger charge is -2.34. The zero-order valence-corrected chi connectivity index (χ0v) is 17.4. The van der Waals surface area contributed by atoms with E-state index >= 15 is 0 Å². The van der Waals surface area contributed by atoms with E-state index in [-0.39, 0.29) is 17.6 Å². The lowest BCUT2D eigenvalue weighted by Crippen LogP contribution is -2.49. The summed E-state index contributed by atoms with van der Waals surface area (Å²) in [5.41, 5.74) is 6.23. The molecule has 1 aliphatic rings. The van der Waals surface area contributed by atoms with Crippen molar-refractivity contribution in [3.63, 3.8) is 0 Å². The van der Waals surface area contributed by atoms with Gasteiger partial charge in [-0.2, -0.15) is 0 Å². The van der Waals surface area contributed by atoms with Gasteiger partial charge in [-0.1, -0.05) is 65.6 Å². The molecule has 1 aromatic heterocycles. The molecule has 7 nitrogen and oxygen atoms in total. The topological polar surface area (TPSA) is 92.4 Å². The molecule has 1 fully saturated rings. The second kappa shape index (κ2) is 8.79. The molecule has 4 rings (SSSR count). The molecule has 0 bridgehead atoms. The van der Waals surface area contributed by atoms with Gasteiger partial charge in [0.25, 0.3) is 0 Å². The molecule has 0 aliphatic carbocycles. The molecule has 2 aromatic carbocycles. The quantitative estimate of drug-likeness (QED) is 0.606. The average Bonchev–Trinajstić information content (AvgIpc) is 3.22. The van der Waals surface area contributed by atoms with Gasteiger partial charge in [0.2, 0.25) is 16.9 Å². The third-order valence-corrected chi connectivity index (χ3v) is 7.00. The molecule has 0 saturated carbocycles. The zero-order chi connectivity index (χ0) is 20.2. The fourth-order valence-corrected chi connectivity index (χ4v) is 5.02. The number of rotatable bonds is 6. The highest BCUT2D eigenvalue weighted by molar-refractivity contribution is 8.01. The van der Waals surface area contributed by atoms with Gasteiger partial charge in [0.05, 0.1) is 12.2 Å². The minimum absolute atomic E-state index is 0.149. The van der Waals surface area contributed by atoms with E-state index in [1.54, 1.807) is 0 Å². The normalized spacial score (nSPS) is 14.3. The number of piperazine rings is 1. The first-order chi connectivity index (χ1) is 14.1. The molecule has 1 saturated heterocycles. The Labute approximate surface area is 176 Å². The number of benzene rings is 2. The molecule has 150 valence electrons. The molecule has 0 atom stereocenters.